The molecule has 1 saturated heterocycles. The fourth-order valence-corrected chi connectivity index (χ4v) is 3.37. The van der Waals surface area contributed by atoms with Crippen LogP contribution in [0.1, 0.15) is 12.0 Å². The smallest absolute Gasteiger partial charge is 0.224 e. The van der Waals surface area contributed by atoms with Gasteiger partial charge in [-0.05, 0) is 35.6 Å². The summed E-state index contributed by atoms with van der Waals surface area (Å²) in [6, 6.07) is 8.74. The van der Waals surface area contributed by atoms with Gasteiger partial charge in [-0.1, -0.05) is 6.07 Å². The number of hydrogen-bond donors (Lipinski definition) is 0. The normalized spacial score (nSPS) is 18.8. The average Bonchev–Trinajstić information content (AvgIpc) is 2.80. The minimum Gasteiger partial charge on any atom is -0.384 e. The molecule has 0 bridgehead atoms. The van der Waals surface area contributed by atoms with Crippen LogP contribution in [-0.2, 0) is 27.7 Å². The first kappa shape index (κ1) is 17.0. The van der Waals surface area contributed by atoms with Gasteiger partial charge in [0.2, 0.25) is 5.91 Å². The fourth-order valence-electron chi connectivity index (χ4n) is 3.37. The van der Waals surface area contributed by atoms with Crippen LogP contribution in [0.15, 0.2) is 30.5 Å². The van der Waals surface area contributed by atoms with E-state index in [4.69, 9.17) is 9.47 Å². The van der Waals surface area contributed by atoms with Crippen LogP contribution in [-0.4, -0.2) is 55.4 Å². The predicted octanol–water partition coefficient (Wildman–Crippen LogP) is 2.23. The van der Waals surface area contributed by atoms with Crippen LogP contribution >= 0.6 is 0 Å². The number of benzene rings is 1. The number of amides is 1. The van der Waals surface area contributed by atoms with Crippen molar-refractivity contribution in [2.75, 3.05) is 40.0 Å². The van der Waals surface area contributed by atoms with Crippen LogP contribution in [0.4, 0.5) is 0 Å². The number of aromatic nitrogens is 1. The zero-order valence-electron chi connectivity index (χ0n) is 14.5. The summed E-state index contributed by atoms with van der Waals surface area (Å²) < 4.78 is 12.9. The summed E-state index contributed by atoms with van der Waals surface area (Å²) in [4.78, 5) is 14.2. The van der Waals surface area contributed by atoms with Gasteiger partial charge in [0.15, 0.2) is 0 Å². The standard InChI is InChI=1S/C19H26N2O3/c1-20-7-5-17-12-15(3-4-18(17)20)11-16-13-21(8-10-24-14-16)19(22)6-9-23-2/h3-5,7,12,16H,6,8-11,13-14H2,1-2H3/t16-/m0/s1. The first-order chi connectivity index (χ1) is 11.7. The van der Waals surface area contributed by atoms with Gasteiger partial charge in [0.05, 0.1) is 26.2 Å². The fraction of sp³-hybridized carbons (Fsp3) is 0.526. The second-order valence-electron chi connectivity index (χ2n) is 6.55. The molecule has 5 heteroatoms. The van der Waals surface area contributed by atoms with Crippen LogP contribution in [0.3, 0.4) is 0 Å². The molecule has 1 aliphatic rings. The molecular formula is C19H26N2O3. The molecule has 3 rings (SSSR count). The Bertz CT molecular complexity index is 695. The van der Waals surface area contributed by atoms with Crippen LogP contribution in [0, 0.1) is 5.92 Å². The molecule has 1 fully saturated rings. The molecule has 0 saturated carbocycles. The summed E-state index contributed by atoms with van der Waals surface area (Å²) in [5, 5.41) is 1.26. The van der Waals surface area contributed by atoms with Crippen molar-refractivity contribution < 1.29 is 14.3 Å². The summed E-state index contributed by atoms with van der Waals surface area (Å²) in [5.74, 6) is 0.492. The number of carbonyl (C=O) groups is 1. The molecule has 2 heterocycles. The van der Waals surface area contributed by atoms with Gasteiger partial charge in [-0.15, -0.1) is 0 Å². The highest BCUT2D eigenvalue weighted by Crippen LogP contribution is 2.20. The van der Waals surface area contributed by atoms with Gasteiger partial charge >= 0.3 is 0 Å². The lowest BCUT2D eigenvalue weighted by molar-refractivity contribution is -0.132. The van der Waals surface area contributed by atoms with Crippen molar-refractivity contribution >= 4 is 16.8 Å². The molecule has 0 unspecified atom stereocenters. The lowest BCUT2D eigenvalue weighted by Gasteiger charge is -2.23. The first-order valence-electron chi connectivity index (χ1n) is 8.56. The Morgan fingerprint density at radius 1 is 1.38 bits per heavy atom. The number of aryl methyl sites for hydroxylation is 1. The monoisotopic (exact) mass is 330 g/mol. The summed E-state index contributed by atoms with van der Waals surface area (Å²) in [6.45, 7) is 3.24. The van der Waals surface area contributed by atoms with Crippen molar-refractivity contribution in [2.45, 2.75) is 12.8 Å². The Labute approximate surface area is 143 Å². The SMILES string of the molecule is COCCC(=O)N1CCOC[C@@H](Cc2ccc3c(ccn3C)c2)C1. The summed E-state index contributed by atoms with van der Waals surface area (Å²) in [5.41, 5.74) is 2.54. The molecule has 0 aliphatic carbocycles. The quantitative estimate of drug-likeness (QED) is 0.844. The van der Waals surface area contributed by atoms with Gasteiger partial charge in [-0.2, -0.15) is 0 Å². The molecule has 2 aromatic rings. The minimum atomic E-state index is 0.158. The second-order valence-corrected chi connectivity index (χ2v) is 6.55. The third kappa shape index (κ3) is 3.97. The highest BCUT2D eigenvalue weighted by atomic mass is 16.5. The number of hydrogen-bond acceptors (Lipinski definition) is 3. The van der Waals surface area contributed by atoms with Crippen molar-refractivity contribution in [3.05, 3.63) is 36.0 Å². The highest BCUT2D eigenvalue weighted by Gasteiger charge is 2.22. The average molecular weight is 330 g/mol. The number of nitrogens with zero attached hydrogens (tertiary/aromatic N) is 2. The van der Waals surface area contributed by atoms with Gasteiger partial charge in [-0.3, -0.25) is 4.79 Å². The Balaban J connectivity index is 1.66. The molecule has 1 atom stereocenters. The van der Waals surface area contributed by atoms with E-state index in [1.807, 2.05) is 4.90 Å². The molecule has 24 heavy (non-hydrogen) atoms. The lowest BCUT2D eigenvalue weighted by atomic mass is 9.98. The molecule has 0 spiro atoms. The lowest BCUT2D eigenvalue weighted by Crippen LogP contribution is -2.36. The Kier molecular flexibility index (Phi) is 5.53. The van der Waals surface area contributed by atoms with Gasteiger partial charge in [0.1, 0.15) is 0 Å². The van der Waals surface area contributed by atoms with E-state index in [0.29, 0.717) is 38.7 Å². The van der Waals surface area contributed by atoms with E-state index in [1.165, 1.54) is 16.5 Å². The van der Waals surface area contributed by atoms with E-state index < -0.39 is 0 Å². The molecule has 1 aromatic heterocycles. The van der Waals surface area contributed by atoms with E-state index in [-0.39, 0.29) is 5.91 Å². The molecule has 0 radical (unpaired) electrons. The largest absolute Gasteiger partial charge is 0.384 e. The second kappa shape index (κ2) is 7.81. The number of fused-ring (bicyclic) bond motifs is 1. The van der Waals surface area contributed by atoms with Crippen molar-refractivity contribution in [1.82, 2.24) is 9.47 Å². The highest BCUT2D eigenvalue weighted by molar-refractivity contribution is 5.80. The van der Waals surface area contributed by atoms with Gasteiger partial charge in [-0.25, -0.2) is 0 Å². The minimum absolute atomic E-state index is 0.158. The third-order valence-electron chi connectivity index (χ3n) is 4.68. The number of rotatable bonds is 5. The zero-order chi connectivity index (χ0) is 16.9. The maximum atomic E-state index is 12.3. The van der Waals surface area contributed by atoms with Crippen molar-refractivity contribution in [3.63, 3.8) is 0 Å². The van der Waals surface area contributed by atoms with E-state index in [2.05, 4.69) is 42.1 Å². The number of methoxy groups -OCH3 is 1. The molecule has 0 N–H and O–H groups in total. The van der Waals surface area contributed by atoms with Crippen molar-refractivity contribution in [3.8, 4) is 0 Å². The first-order valence-corrected chi connectivity index (χ1v) is 8.56. The molecule has 1 aliphatic heterocycles. The zero-order valence-corrected chi connectivity index (χ0v) is 14.5. The Hall–Kier alpha value is -1.85. The third-order valence-corrected chi connectivity index (χ3v) is 4.68. The van der Waals surface area contributed by atoms with E-state index >= 15 is 0 Å². The van der Waals surface area contributed by atoms with Gasteiger partial charge in [0, 0.05) is 44.9 Å². The number of carbonyl (C=O) groups excluding carboxylic acids is 1. The van der Waals surface area contributed by atoms with Crippen LogP contribution in [0.25, 0.3) is 10.9 Å². The molecule has 5 nitrogen and oxygen atoms in total. The van der Waals surface area contributed by atoms with E-state index in [1.54, 1.807) is 7.11 Å². The molecule has 130 valence electrons. The van der Waals surface area contributed by atoms with Crippen LogP contribution < -0.4 is 0 Å². The summed E-state index contributed by atoms with van der Waals surface area (Å²) in [7, 11) is 3.69. The van der Waals surface area contributed by atoms with Gasteiger partial charge < -0.3 is 18.9 Å². The van der Waals surface area contributed by atoms with Crippen molar-refractivity contribution in [2.24, 2.45) is 13.0 Å². The van der Waals surface area contributed by atoms with Gasteiger partial charge in [0.25, 0.3) is 0 Å². The topological polar surface area (TPSA) is 43.7 Å². The summed E-state index contributed by atoms with van der Waals surface area (Å²) in [6.07, 6.45) is 3.46. The van der Waals surface area contributed by atoms with E-state index in [0.717, 1.165) is 13.0 Å². The predicted molar refractivity (Wildman–Crippen MR) is 94.0 cm³/mol. The van der Waals surface area contributed by atoms with E-state index in [9.17, 15) is 4.79 Å². The van der Waals surface area contributed by atoms with Crippen LogP contribution in [0.2, 0.25) is 0 Å². The molecular weight excluding hydrogens is 304 g/mol. The maximum Gasteiger partial charge on any atom is 0.224 e. The van der Waals surface area contributed by atoms with Crippen LogP contribution in [0.5, 0.6) is 0 Å². The molecule has 1 amide bonds. The summed E-state index contributed by atoms with van der Waals surface area (Å²) >= 11 is 0. The molecule has 1 aromatic carbocycles. The Morgan fingerprint density at radius 3 is 3.08 bits per heavy atom. The maximum absolute atomic E-state index is 12.3. The van der Waals surface area contributed by atoms with Crippen molar-refractivity contribution in [1.29, 1.82) is 0 Å². The number of ether oxygens (including phenoxy) is 2. The Morgan fingerprint density at radius 2 is 2.25 bits per heavy atom.